The first-order valence-corrected chi connectivity index (χ1v) is 12.5. The molecular formula is C26H40N4O7. The number of aliphatic hydroxyl groups is 1. The number of nitrogens with zero attached hydrogens (tertiary/aromatic N) is 1. The zero-order valence-electron chi connectivity index (χ0n) is 22.3. The van der Waals surface area contributed by atoms with Crippen molar-refractivity contribution in [2.45, 2.75) is 77.9 Å². The minimum absolute atomic E-state index is 0.00116. The number of rotatable bonds is 9. The molecular weight excluding hydrogens is 480 g/mol. The number of hydrogen-bond donors (Lipinski definition) is 4. The highest BCUT2D eigenvalue weighted by molar-refractivity contribution is 5.86. The summed E-state index contributed by atoms with van der Waals surface area (Å²) in [5.41, 5.74) is 0.147. The second kappa shape index (κ2) is 13.8. The number of amides is 4. The van der Waals surface area contributed by atoms with Crippen LogP contribution >= 0.6 is 0 Å². The van der Waals surface area contributed by atoms with E-state index in [-0.39, 0.29) is 38.1 Å². The van der Waals surface area contributed by atoms with Gasteiger partial charge in [-0.3, -0.25) is 9.59 Å². The van der Waals surface area contributed by atoms with Crippen molar-refractivity contribution in [2.24, 2.45) is 5.92 Å². The zero-order valence-corrected chi connectivity index (χ0v) is 22.3. The first-order valence-electron chi connectivity index (χ1n) is 12.5. The third-order valence-corrected chi connectivity index (χ3v) is 5.57. The average Bonchev–Trinajstić information content (AvgIpc) is 2.81. The molecule has 37 heavy (non-hydrogen) atoms. The highest BCUT2D eigenvalue weighted by Crippen LogP contribution is 2.14. The summed E-state index contributed by atoms with van der Waals surface area (Å²) in [6.45, 7) is 9.14. The molecule has 0 spiro atoms. The third-order valence-electron chi connectivity index (χ3n) is 5.57. The molecule has 1 saturated heterocycles. The molecule has 3 atom stereocenters. The van der Waals surface area contributed by atoms with Crippen LogP contribution in [0.4, 0.5) is 9.59 Å². The molecule has 2 unspecified atom stereocenters. The predicted molar refractivity (Wildman–Crippen MR) is 136 cm³/mol. The van der Waals surface area contributed by atoms with E-state index < -0.39 is 41.9 Å². The van der Waals surface area contributed by atoms with E-state index in [9.17, 15) is 24.3 Å². The van der Waals surface area contributed by atoms with Crippen molar-refractivity contribution < 1.29 is 33.8 Å². The lowest BCUT2D eigenvalue weighted by molar-refractivity contribution is -0.134. The molecule has 1 heterocycles. The lowest BCUT2D eigenvalue weighted by atomic mass is 9.99. The fourth-order valence-corrected chi connectivity index (χ4v) is 3.79. The maximum Gasteiger partial charge on any atom is 0.408 e. The van der Waals surface area contributed by atoms with Gasteiger partial charge in [-0.25, -0.2) is 9.59 Å². The van der Waals surface area contributed by atoms with Crippen LogP contribution in [-0.2, 0) is 25.7 Å². The van der Waals surface area contributed by atoms with Crippen LogP contribution in [0.1, 0.15) is 53.0 Å². The van der Waals surface area contributed by atoms with Crippen LogP contribution in [0.15, 0.2) is 30.3 Å². The van der Waals surface area contributed by atoms with Crippen LogP contribution in [-0.4, -0.2) is 77.4 Å². The Morgan fingerprint density at radius 1 is 1.11 bits per heavy atom. The second-order valence-corrected chi connectivity index (χ2v) is 10.6. The SMILES string of the molecule is CC(C)C[C@H](NC(=O)OCc1ccccc1)C(=O)NC1CCN(C(=O)CNC(=O)OC(C)(C)C)CC1O. The van der Waals surface area contributed by atoms with Gasteiger partial charge in [0.05, 0.1) is 12.1 Å². The van der Waals surface area contributed by atoms with Crippen LogP contribution < -0.4 is 16.0 Å². The van der Waals surface area contributed by atoms with E-state index in [1.165, 1.54) is 4.90 Å². The molecule has 2 rings (SSSR count). The quantitative estimate of drug-likeness (QED) is 0.389. The molecule has 0 aliphatic carbocycles. The van der Waals surface area contributed by atoms with Crippen molar-refractivity contribution in [3.05, 3.63) is 35.9 Å². The van der Waals surface area contributed by atoms with Gasteiger partial charge in [0.25, 0.3) is 0 Å². The molecule has 1 aromatic carbocycles. The van der Waals surface area contributed by atoms with Gasteiger partial charge in [-0.15, -0.1) is 0 Å². The number of alkyl carbamates (subject to hydrolysis) is 2. The van der Waals surface area contributed by atoms with Crippen LogP contribution in [0, 0.1) is 5.92 Å². The van der Waals surface area contributed by atoms with E-state index in [1.54, 1.807) is 20.8 Å². The van der Waals surface area contributed by atoms with Crippen LogP contribution in [0.2, 0.25) is 0 Å². The largest absolute Gasteiger partial charge is 0.445 e. The molecule has 11 nitrogen and oxygen atoms in total. The molecule has 0 bridgehead atoms. The van der Waals surface area contributed by atoms with Gasteiger partial charge in [0.2, 0.25) is 11.8 Å². The van der Waals surface area contributed by atoms with Gasteiger partial charge in [-0.05, 0) is 45.1 Å². The number of nitrogens with one attached hydrogen (secondary N) is 3. The lowest BCUT2D eigenvalue weighted by Crippen LogP contribution is -2.59. The number of ether oxygens (including phenoxy) is 2. The van der Waals surface area contributed by atoms with E-state index in [1.807, 2.05) is 44.2 Å². The van der Waals surface area contributed by atoms with E-state index >= 15 is 0 Å². The van der Waals surface area contributed by atoms with Crippen LogP contribution in [0.25, 0.3) is 0 Å². The molecule has 4 N–H and O–H groups in total. The molecule has 1 aromatic rings. The Labute approximate surface area is 218 Å². The number of carbonyl (C=O) groups is 4. The van der Waals surface area contributed by atoms with Crippen molar-refractivity contribution in [3.63, 3.8) is 0 Å². The number of hydrogen-bond acceptors (Lipinski definition) is 7. The number of likely N-dealkylation sites (tertiary alicyclic amines) is 1. The highest BCUT2D eigenvalue weighted by Gasteiger charge is 2.33. The monoisotopic (exact) mass is 520 g/mol. The van der Waals surface area contributed by atoms with Gasteiger partial charge in [0, 0.05) is 13.1 Å². The Balaban J connectivity index is 1.84. The fraction of sp³-hybridized carbons (Fsp3) is 0.615. The molecule has 206 valence electrons. The Bertz CT molecular complexity index is 917. The summed E-state index contributed by atoms with van der Waals surface area (Å²) >= 11 is 0. The Kier molecular flexibility index (Phi) is 11.2. The Morgan fingerprint density at radius 3 is 2.38 bits per heavy atom. The standard InChI is InChI=1S/C26H40N4O7/c1-17(2)13-20(29-25(35)36-16-18-9-7-6-8-10-18)23(33)28-19-11-12-30(15-21(19)31)22(32)14-27-24(34)37-26(3,4)5/h6-10,17,19-21,31H,11-16H2,1-5H3,(H,27,34)(H,28,33)(H,29,35)/t19?,20-,21?/m0/s1. The molecule has 0 radical (unpaired) electrons. The maximum atomic E-state index is 13.0. The number of benzene rings is 1. The molecule has 1 fully saturated rings. The topological polar surface area (TPSA) is 146 Å². The maximum absolute atomic E-state index is 13.0. The van der Waals surface area contributed by atoms with Gasteiger partial charge in [-0.2, -0.15) is 0 Å². The summed E-state index contributed by atoms with van der Waals surface area (Å²) in [5.74, 6) is -0.678. The van der Waals surface area contributed by atoms with Crippen LogP contribution in [0.3, 0.4) is 0 Å². The van der Waals surface area contributed by atoms with Crippen molar-refractivity contribution in [3.8, 4) is 0 Å². The Hall–Kier alpha value is -3.34. The van der Waals surface area contributed by atoms with E-state index in [2.05, 4.69) is 16.0 Å². The summed E-state index contributed by atoms with van der Waals surface area (Å²) in [5, 5.41) is 18.4. The van der Waals surface area contributed by atoms with E-state index in [0.29, 0.717) is 12.8 Å². The van der Waals surface area contributed by atoms with Crippen molar-refractivity contribution in [1.82, 2.24) is 20.9 Å². The minimum Gasteiger partial charge on any atom is -0.445 e. The number of β-amino-alcohol motifs (C(OH)–C–C–N with tert-alkyl or cyclic N) is 1. The van der Waals surface area contributed by atoms with Gasteiger partial charge < -0.3 is 35.4 Å². The van der Waals surface area contributed by atoms with Gasteiger partial charge >= 0.3 is 12.2 Å². The van der Waals surface area contributed by atoms with E-state index in [4.69, 9.17) is 9.47 Å². The fourth-order valence-electron chi connectivity index (χ4n) is 3.79. The predicted octanol–water partition coefficient (Wildman–Crippen LogP) is 1.93. The highest BCUT2D eigenvalue weighted by atomic mass is 16.6. The number of carbonyl (C=O) groups excluding carboxylic acids is 4. The molecule has 11 heteroatoms. The second-order valence-electron chi connectivity index (χ2n) is 10.6. The van der Waals surface area contributed by atoms with Gasteiger partial charge in [-0.1, -0.05) is 44.2 Å². The average molecular weight is 521 g/mol. The summed E-state index contributed by atoms with van der Waals surface area (Å²) in [6, 6.07) is 7.78. The van der Waals surface area contributed by atoms with Crippen LogP contribution in [0.5, 0.6) is 0 Å². The summed E-state index contributed by atoms with van der Waals surface area (Å²) in [6.07, 6.45) is -1.71. The smallest absolute Gasteiger partial charge is 0.408 e. The number of aliphatic hydroxyl groups excluding tert-OH is 1. The van der Waals surface area contributed by atoms with Crippen molar-refractivity contribution in [1.29, 1.82) is 0 Å². The molecule has 1 aliphatic rings. The van der Waals surface area contributed by atoms with Crippen molar-refractivity contribution in [2.75, 3.05) is 19.6 Å². The number of piperidine rings is 1. The third kappa shape index (κ3) is 11.1. The Morgan fingerprint density at radius 2 is 1.78 bits per heavy atom. The first-order chi connectivity index (χ1) is 17.3. The summed E-state index contributed by atoms with van der Waals surface area (Å²) in [7, 11) is 0. The zero-order chi connectivity index (χ0) is 27.6. The molecule has 0 aromatic heterocycles. The van der Waals surface area contributed by atoms with Crippen molar-refractivity contribution >= 4 is 24.0 Å². The lowest BCUT2D eigenvalue weighted by Gasteiger charge is -2.37. The minimum atomic E-state index is -1.01. The molecule has 1 aliphatic heterocycles. The molecule has 0 saturated carbocycles. The van der Waals surface area contributed by atoms with E-state index in [0.717, 1.165) is 5.56 Å². The van der Waals surface area contributed by atoms with Gasteiger partial charge in [0.1, 0.15) is 24.8 Å². The first kappa shape index (κ1) is 29.9. The summed E-state index contributed by atoms with van der Waals surface area (Å²) in [4.78, 5) is 51.0. The normalized spacial score (nSPS) is 18.5. The summed E-state index contributed by atoms with van der Waals surface area (Å²) < 4.78 is 10.4. The molecule has 4 amide bonds. The van der Waals surface area contributed by atoms with Gasteiger partial charge in [0.15, 0.2) is 0 Å².